The predicted molar refractivity (Wildman–Crippen MR) is 63.3 cm³/mol. The highest BCUT2D eigenvalue weighted by Gasteiger charge is 2.32. The van der Waals surface area contributed by atoms with Gasteiger partial charge in [0.25, 0.3) is 0 Å². The van der Waals surface area contributed by atoms with Crippen LogP contribution < -0.4 is 10.6 Å². The Balaban J connectivity index is 1.84. The van der Waals surface area contributed by atoms with Crippen molar-refractivity contribution >= 4 is 23.6 Å². The second kappa shape index (κ2) is 5.05. The van der Waals surface area contributed by atoms with Crippen LogP contribution in [0.1, 0.15) is 6.42 Å². The number of carbonyl (C=O) groups is 2. The lowest BCUT2D eigenvalue weighted by atomic mass is 10.2. The molecule has 0 saturated carbocycles. The van der Waals surface area contributed by atoms with E-state index in [-0.39, 0.29) is 23.9 Å². The highest BCUT2D eigenvalue weighted by Crippen LogP contribution is 2.11. The van der Waals surface area contributed by atoms with Crippen molar-refractivity contribution in [2.24, 2.45) is 0 Å². The number of likely N-dealkylation sites (N-methyl/N-ethyl adjacent to an activating group) is 1. The number of hydrogen-bond acceptors (Lipinski definition) is 4. The molecule has 6 heteroatoms. The molecule has 0 aromatic rings. The van der Waals surface area contributed by atoms with Gasteiger partial charge in [-0.3, -0.25) is 9.59 Å². The fourth-order valence-electron chi connectivity index (χ4n) is 1.96. The highest BCUT2D eigenvalue weighted by molar-refractivity contribution is 7.99. The Hall–Kier alpha value is -0.750. The molecule has 2 heterocycles. The number of amides is 2. The Morgan fingerprint density at radius 1 is 1.62 bits per heavy atom. The van der Waals surface area contributed by atoms with Crippen LogP contribution in [0.2, 0.25) is 0 Å². The van der Waals surface area contributed by atoms with Gasteiger partial charge in [-0.25, -0.2) is 0 Å². The minimum absolute atomic E-state index is 0.0248. The molecular formula is C10H17N3O2S. The van der Waals surface area contributed by atoms with Crippen LogP contribution >= 0.6 is 11.8 Å². The molecule has 2 unspecified atom stereocenters. The topological polar surface area (TPSA) is 61.4 Å². The lowest BCUT2D eigenvalue weighted by Crippen LogP contribution is -2.52. The monoisotopic (exact) mass is 243 g/mol. The van der Waals surface area contributed by atoms with Gasteiger partial charge in [-0.2, -0.15) is 11.8 Å². The van der Waals surface area contributed by atoms with Gasteiger partial charge in [0.15, 0.2) is 0 Å². The fourth-order valence-corrected chi connectivity index (χ4v) is 2.90. The molecule has 5 nitrogen and oxygen atoms in total. The highest BCUT2D eigenvalue weighted by atomic mass is 32.2. The number of hydrogen-bond donors (Lipinski definition) is 2. The molecule has 2 rings (SSSR count). The van der Waals surface area contributed by atoms with Crippen LogP contribution in [-0.2, 0) is 9.59 Å². The van der Waals surface area contributed by atoms with E-state index in [0.717, 1.165) is 31.0 Å². The summed E-state index contributed by atoms with van der Waals surface area (Å²) in [5, 5.41) is 5.98. The van der Waals surface area contributed by atoms with Gasteiger partial charge in [-0.05, 0) is 6.42 Å². The van der Waals surface area contributed by atoms with E-state index < -0.39 is 0 Å². The summed E-state index contributed by atoms with van der Waals surface area (Å²) in [4.78, 5) is 25.1. The van der Waals surface area contributed by atoms with Crippen molar-refractivity contribution in [1.29, 1.82) is 0 Å². The van der Waals surface area contributed by atoms with Crippen molar-refractivity contribution in [1.82, 2.24) is 15.5 Å². The zero-order valence-electron chi connectivity index (χ0n) is 9.36. The molecule has 2 aliphatic rings. The Kier molecular flexibility index (Phi) is 3.70. The molecule has 2 amide bonds. The Bertz CT molecular complexity index is 292. The fraction of sp³-hybridized carbons (Fsp3) is 0.800. The number of nitrogens with zero attached hydrogens (tertiary/aromatic N) is 1. The third kappa shape index (κ3) is 2.49. The van der Waals surface area contributed by atoms with Crippen molar-refractivity contribution in [2.45, 2.75) is 18.5 Å². The summed E-state index contributed by atoms with van der Waals surface area (Å²) >= 11 is 1.77. The van der Waals surface area contributed by atoms with Crippen LogP contribution in [0.15, 0.2) is 0 Å². The van der Waals surface area contributed by atoms with Gasteiger partial charge in [-0.1, -0.05) is 0 Å². The molecule has 90 valence electrons. The van der Waals surface area contributed by atoms with E-state index in [1.807, 2.05) is 0 Å². The summed E-state index contributed by atoms with van der Waals surface area (Å²) in [6.07, 6.45) is 0.723. The first-order chi connectivity index (χ1) is 7.68. The van der Waals surface area contributed by atoms with E-state index >= 15 is 0 Å². The van der Waals surface area contributed by atoms with E-state index in [4.69, 9.17) is 0 Å². The first-order valence-corrected chi connectivity index (χ1v) is 6.70. The van der Waals surface area contributed by atoms with Crippen LogP contribution in [0.5, 0.6) is 0 Å². The lowest BCUT2D eigenvalue weighted by Gasteiger charge is -2.23. The van der Waals surface area contributed by atoms with Gasteiger partial charge >= 0.3 is 0 Å². The first-order valence-electron chi connectivity index (χ1n) is 5.55. The van der Waals surface area contributed by atoms with E-state index in [1.165, 1.54) is 0 Å². The second-order valence-electron chi connectivity index (χ2n) is 4.19. The molecule has 2 saturated heterocycles. The van der Waals surface area contributed by atoms with Gasteiger partial charge in [0.1, 0.15) is 6.04 Å². The van der Waals surface area contributed by atoms with Gasteiger partial charge in [-0.15, -0.1) is 0 Å². The third-order valence-electron chi connectivity index (χ3n) is 2.98. The lowest BCUT2D eigenvalue weighted by molar-refractivity contribution is -0.132. The Morgan fingerprint density at radius 2 is 2.44 bits per heavy atom. The average molecular weight is 243 g/mol. The van der Waals surface area contributed by atoms with Crippen LogP contribution in [0.4, 0.5) is 0 Å². The van der Waals surface area contributed by atoms with Crippen molar-refractivity contribution < 1.29 is 9.59 Å². The van der Waals surface area contributed by atoms with Crippen molar-refractivity contribution in [3.05, 3.63) is 0 Å². The number of carbonyl (C=O) groups excluding carboxylic acids is 2. The van der Waals surface area contributed by atoms with Gasteiger partial charge in [0, 0.05) is 31.6 Å². The van der Waals surface area contributed by atoms with E-state index in [0.29, 0.717) is 0 Å². The summed E-state index contributed by atoms with van der Waals surface area (Å²) in [5.41, 5.74) is 0. The molecule has 16 heavy (non-hydrogen) atoms. The summed E-state index contributed by atoms with van der Waals surface area (Å²) < 4.78 is 0. The summed E-state index contributed by atoms with van der Waals surface area (Å²) in [5.74, 6) is 1.83. The smallest absolute Gasteiger partial charge is 0.244 e. The molecule has 2 N–H and O–H groups in total. The zero-order chi connectivity index (χ0) is 11.5. The van der Waals surface area contributed by atoms with E-state index in [1.54, 1.807) is 23.7 Å². The normalized spacial score (nSPS) is 30.6. The van der Waals surface area contributed by atoms with Crippen LogP contribution in [-0.4, -0.2) is 60.4 Å². The maximum absolute atomic E-state index is 11.8. The minimum Gasteiger partial charge on any atom is -0.344 e. The summed E-state index contributed by atoms with van der Waals surface area (Å²) in [6.45, 7) is 1.60. The standard InChI is InChI=1S/C10H17N3O2S/c1-13-4-2-7(10(13)15)12-9(14)8-6-16-5-3-11-8/h7-8,11H,2-6H2,1H3,(H,12,14). The maximum atomic E-state index is 11.8. The van der Waals surface area contributed by atoms with E-state index in [9.17, 15) is 9.59 Å². The minimum atomic E-state index is -0.314. The van der Waals surface area contributed by atoms with Gasteiger partial charge in [0.2, 0.25) is 11.8 Å². The molecule has 2 fully saturated rings. The van der Waals surface area contributed by atoms with Crippen LogP contribution in [0.25, 0.3) is 0 Å². The molecule has 0 aliphatic carbocycles. The molecule has 2 aliphatic heterocycles. The van der Waals surface area contributed by atoms with Crippen molar-refractivity contribution in [3.63, 3.8) is 0 Å². The van der Waals surface area contributed by atoms with Gasteiger partial charge < -0.3 is 15.5 Å². The van der Waals surface area contributed by atoms with E-state index in [2.05, 4.69) is 10.6 Å². The van der Waals surface area contributed by atoms with Crippen LogP contribution in [0.3, 0.4) is 0 Å². The zero-order valence-corrected chi connectivity index (χ0v) is 10.2. The third-order valence-corrected chi connectivity index (χ3v) is 4.04. The molecule has 2 atom stereocenters. The molecular weight excluding hydrogens is 226 g/mol. The van der Waals surface area contributed by atoms with Crippen molar-refractivity contribution in [3.8, 4) is 0 Å². The number of nitrogens with one attached hydrogen (secondary N) is 2. The van der Waals surface area contributed by atoms with Crippen LogP contribution in [0, 0.1) is 0 Å². The maximum Gasteiger partial charge on any atom is 0.244 e. The first kappa shape index (κ1) is 11.7. The number of rotatable bonds is 2. The molecule has 0 spiro atoms. The van der Waals surface area contributed by atoms with Crippen molar-refractivity contribution in [2.75, 3.05) is 31.6 Å². The van der Waals surface area contributed by atoms with Gasteiger partial charge in [0.05, 0.1) is 6.04 Å². The Morgan fingerprint density at radius 3 is 3.00 bits per heavy atom. The largest absolute Gasteiger partial charge is 0.344 e. The average Bonchev–Trinajstić information content (AvgIpc) is 2.62. The summed E-state index contributed by atoms with van der Waals surface area (Å²) in [6, 6.07) is -0.455. The quantitative estimate of drug-likeness (QED) is 0.656. The molecule has 0 aromatic carbocycles. The number of thioether (sulfide) groups is 1. The molecule has 0 bridgehead atoms. The predicted octanol–water partition coefficient (Wildman–Crippen LogP) is -0.962. The molecule has 0 radical (unpaired) electrons. The summed E-state index contributed by atoms with van der Waals surface area (Å²) in [7, 11) is 1.77. The number of likely N-dealkylation sites (tertiary alicyclic amines) is 1. The Labute approximate surface area is 99.3 Å². The molecule has 0 aromatic heterocycles. The second-order valence-corrected chi connectivity index (χ2v) is 5.34. The SMILES string of the molecule is CN1CCC(NC(=O)C2CSCCN2)C1=O.